The van der Waals surface area contributed by atoms with Gasteiger partial charge in [0.25, 0.3) is 10.1 Å². The summed E-state index contributed by atoms with van der Waals surface area (Å²) in [5, 5.41) is 3.04. The molecule has 23 heavy (non-hydrogen) atoms. The molecule has 0 radical (unpaired) electrons. The molecule has 1 fully saturated rings. The highest BCUT2D eigenvalue weighted by Gasteiger charge is 2.39. The summed E-state index contributed by atoms with van der Waals surface area (Å²) in [6.45, 7) is 7.86. The minimum absolute atomic E-state index is 0.0458. The molecule has 1 N–H and O–H groups in total. The first-order valence-corrected chi connectivity index (χ1v) is 9.70. The van der Waals surface area contributed by atoms with Crippen LogP contribution in [0.5, 0.6) is 0 Å². The molecule has 1 aliphatic heterocycles. The lowest BCUT2D eigenvalue weighted by atomic mass is 10.1. The summed E-state index contributed by atoms with van der Waals surface area (Å²) in [5.41, 5.74) is 0.909. The van der Waals surface area contributed by atoms with E-state index in [1.807, 2.05) is 13.8 Å². The smallest absolute Gasteiger partial charge is 0.335 e. The van der Waals surface area contributed by atoms with Crippen molar-refractivity contribution in [2.24, 2.45) is 0 Å². The second-order valence-corrected chi connectivity index (χ2v) is 7.07. The van der Waals surface area contributed by atoms with Crippen molar-refractivity contribution in [2.45, 2.75) is 58.8 Å². The van der Waals surface area contributed by atoms with E-state index in [1.165, 1.54) is 0 Å². The zero-order valence-electron chi connectivity index (χ0n) is 14.4. The third-order valence-corrected chi connectivity index (χ3v) is 4.25. The molecule has 0 bridgehead atoms. The number of carbonyl (C=O) groups excluding carboxylic acids is 1. The first kappa shape index (κ1) is 19.9. The third-order valence-electron chi connectivity index (χ3n) is 3.65. The van der Waals surface area contributed by atoms with Crippen LogP contribution in [0, 0.1) is 0 Å². The van der Waals surface area contributed by atoms with Crippen molar-refractivity contribution < 1.29 is 26.9 Å². The number of hydrogen-bond donors (Lipinski definition) is 1. The van der Waals surface area contributed by atoms with E-state index in [-0.39, 0.29) is 19.3 Å². The Kier molecular flexibility index (Phi) is 7.50. The molecule has 0 aromatic carbocycles. The Morgan fingerprint density at radius 3 is 2.39 bits per heavy atom. The standard InChI is InChI=1S/C15H27NO6S/c1-6-11(7-2)21-14-12(22-23(5,18)19)9-16-13(14)10(4)15(17)20-8-3/h11-12,14,16H,6-9H2,1-5H3/b13-10-/t12-,14+/m0/s1. The van der Waals surface area contributed by atoms with Gasteiger partial charge < -0.3 is 14.8 Å². The van der Waals surface area contributed by atoms with E-state index in [0.717, 1.165) is 19.1 Å². The Balaban J connectivity index is 3.09. The number of nitrogens with one attached hydrogen (secondary N) is 1. The topological polar surface area (TPSA) is 90.9 Å². The van der Waals surface area contributed by atoms with Crippen LogP contribution in [-0.2, 0) is 28.6 Å². The Labute approximate surface area is 138 Å². The fraction of sp³-hybridized carbons (Fsp3) is 0.800. The number of esters is 1. The number of hydrogen-bond acceptors (Lipinski definition) is 7. The first-order valence-electron chi connectivity index (χ1n) is 7.88. The Morgan fingerprint density at radius 2 is 1.91 bits per heavy atom. The van der Waals surface area contributed by atoms with Gasteiger partial charge in [-0.05, 0) is 26.7 Å². The van der Waals surface area contributed by atoms with Gasteiger partial charge in [-0.2, -0.15) is 8.42 Å². The van der Waals surface area contributed by atoms with Crippen LogP contribution in [0.1, 0.15) is 40.5 Å². The van der Waals surface area contributed by atoms with Crippen LogP contribution >= 0.6 is 0 Å². The van der Waals surface area contributed by atoms with Gasteiger partial charge in [0.15, 0.2) is 0 Å². The minimum atomic E-state index is -3.63. The average molecular weight is 349 g/mol. The Hall–Kier alpha value is -1.12. The summed E-state index contributed by atoms with van der Waals surface area (Å²) in [4.78, 5) is 12.0. The fourth-order valence-electron chi connectivity index (χ4n) is 2.45. The largest absolute Gasteiger partial charge is 0.463 e. The SMILES string of the molecule is CCOC(=O)/C(C)=C1\NC[C@H](OS(C)(=O)=O)[C@H]1OC(CC)CC. The molecule has 1 rings (SSSR count). The molecule has 0 aromatic heterocycles. The molecule has 1 aliphatic rings. The van der Waals surface area contributed by atoms with E-state index in [9.17, 15) is 13.2 Å². The van der Waals surface area contributed by atoms with Gasteiger partial charge in [-0.25, -0.2) is 4.79 Å². The van der Waals surface area contributed by atoms with Crippen LogP contribution in [0.2, 0.25) is 0 Å². The van der Waals surface area contributed by atoms with Gasteiger partial charge in [0, 0.05) is 6.54 Å². The molecule has 0 aromatic rings. The number of ether oxygens (including phenoxy) is 2. The predicted molar refractivity (Wildman–Crippen MR) is 86.3 cm³/mol. The average Bonchev–Trinajstić information content (AvgIpc) is 2.84. The summed E-state index contributed by atoms with van der Waals surface area (Å²) >= 11 is 0. The predicted octanol–water partition coefficient (Wildman–Crippen LogP) is 1.35. The number of carbonyl (C=O) groups is 1. The molecule has 0 amide bonds. The quantitative estimate of drug-likeness (QED) is 0.402. The number of rotatable bonds is 8. The van der Waals surface area contributed by atoms with Crippen molar-refractivity contribution in [2.75, 3.05) is 19.4 Å². The molecule has 0 saturated carbocycles. The van der Waals surface area contributed by atoms with Crippen molar-refractivity contribution in [3.05, 3.63) is 11.3 Å². The van der Waals surface area contributed by atoms with Gasteiger partial charge in [0.05, 0.1) is 30.2 Å². The van der Waals surface area contributed by atoms with Crippen LogP contribution in [0.4, 0.5) is 0 Å². The summed E-state index contributed by atoms with van der Waals surface area (Å²) in [6, 6.07) is 0. The lowest BCUT2D eigenvalue weighted by Gasteiger charge is -2.25. The minimum Gasteiger partial charge on any atom is -0.463 e. The molecule has 8 heteroatoms. The monoisotopic (exact) mass is 349 g/mol. The highest BCUT2D eigenvalue weighted by atomic mass is 32.2. The van der Waals surface area contributed by atoms with Gasteiger partial charge in [-0.15, -0.1) is 0 Å². The zero-order valence-corrected chi connectivity index (χ0v) is 15.2. The third kappa shape index (κ3) is 5.78. The van der Waals surface area contributed by atoms with Gasteiger partial charge in [0.2, 0.25) is 0 Å². The van der Waals surface area contributed by atoms with Crippen LogP contribution in [-0.4, -0.2) is 52.1 Å². The molecule has 0 aliphatic carbocycles. The van der Waals surface area contributed by atoms with Crippen molar-refractivity contribution in [3.8, 4) is 0 Å². The molecule has 0 unspecified atom stereocenters. The molecule has 0 spiro atoms. The summed E-state index contributed by atoms with van der Waals surface area (Å²) < 4.78 is 39.1. The molecule has 1 saturated heterocycles. The van der Waals surface area contributed by atoms with E-state index in [2.05, 4.69) is 5.32 Å². The van der Waals surface area contributed by atoms with Gasteiger partial charge in [0.1, 0.15) is 12.2 Å². The van der Waals surface area contributed by atoms with Crippen molar-refractivity contribution >= 4 is 16.1 Å². The summed E-state index contributed by atoms with van der Waals surface area (Å²) in [6.07, 6.45) is 1.18. The van der Waals surface area contributed by atoms with E-state index in [4.69, 9.17) is 13.7 Å². The molecule has 134 valence electrons. The van der Waals surface area contributed by atoms with Crippen LogP contribution < -0.4 is 5.32 Å². The second kappa shape index (κ2) is 8.65. The summed E-state index contributed by atoms with van der Waals surface area (Å²) in [7, 11) is -3.63. The Bertz CT molecular complexity index is 538. The maximum absolute atomic E-state index is 12.0. The molecule has 7 nitrogen and oxygen atoms in total. The molecular formula is C15H27NO6S. The lowest BCUT2D eigenvalue weighted by Crippen LogP contribution is -2.34. The summed E-state index contributed by atoms with van der Waals surface area (Å²) in [5.74, 6) is -0.451. The van der Waals surface area contributed by atoms with E-state index < -0.39 is 28.3 Å². The van der Waals surface area contributed by atoms with Gasteiger partial charge in [-0.3, -0.25) is 4.18 Å². The maximum atomic E-state index is 12.0. The first-order chi connectivity index (χ1) is 10.7. The Morgan fingerprint density at radius 1 is 1.30 bits per heavy atom. The van der Waals surface area contributed by atoms with Crippen LogP contribution in [0.25, 0.3) is 0 Å². The van der Waals surface area contributed by atoms with E-state index >= 15 is 0 Å². The highest BCUT2D eigenvalue weighted by Crippen LogP contribution is 2.26. The van der Waals surface area contributed by atoms with Crippen LogP contribution in [0.3, 0.4) is 0 Å². The highest BCUT2D eigenvalue weighted by molar-refractivity contribution is 7.86. The zero-order chi connectivity index (χ0) is 17.6. The van der Waals surface area contributed by atoms with E-state index in [1.54, 1.807) is 13.8 Å². The molecular weight excluding hydrogens is 322 g/mol. The lowest BCUT2D eigenvalue weighted by molar-refractivity contribution is -0.138. The maximum Gasteiger partial charge on any atom is 0.335 e. The van der Waals surface area contributed by atoms with Crippen molar-refractivity contribution in [1.29, 1.82) is 0 Å². The van der Waals surface area contributed by atoms with Crippen molar-refractivity contribution in [1.82, 2.24) is 5.32 Å². The second-order valence-electron chi connectivity index (χ2n) is 5.47. The normalized spacial score (nSPS) is 23.7. The van der Waals surface area contributed by atoms with Crippen molar-refractivity contribution in [3.63, 3.8) is 0 Å². The van der Waals surface area contributed by atoms with E-state index in [0.29, 0.717) is 11.3 Å². The molecule has 2 atom stereocenters. The molecule has 1 heterocycles. The fourth-order valence-corrected chi connectivity index (χ4v) is 3.07. The van der Waals surface area contributed by atoms with Gasteiger partial charge in [-0.1, -0.05) is 13.8 Å². The van der Waals surface area contributed by atoms with Crippen LogP contribution in [0.15, 0.2) is 11.3 Å². The van der Waals surface area contributed by atoms with Gasteiger partial charge >= 0.3 is 5.97 Å².